The number of halogens is 1. The van der Waals surface area contributed by atoms with Crippen molar-refractivity contribution in [2.45, 2.75) is 76.6 Å². The second kappa shape index (κ2) is 10.7. The van der Waals surface area contributed by atoms with E-state index in [0.717, 1.165) is 50.0 Å². The van der Waals surface area contributed by atoms with Gasteiger partial charge in [-0.3, -0.25) is 23.6 Å². The number of hydrogen-bond acceptors (Lipinski definition) is 5. The summed E-state index contributed by atoms with van der Waals surface area (Å²) in [5.74, 6) is 0.717. The Morgan fingerprint density at radius 2 is 1.88 bits per heavy atom. The molecule has 2 aliphatic heterocycles. The van der Waals surface area contributed by atoms with Gasteiger partial charge in [0.1, 0.15) is 0 Å². The lowest BCUT2D eigenvalue weighted by Crippen LogP contribution is -2.54. The Labute approximate surface area is 209 Å². The number of benzene rings is 1. The largest absolute Gasteiger partial charge is 0.337 e. The van der Waals surface area contributed by atoms with E-state index >= 15 is 0 Å². The van der Waals surface area contributed by atoms with Gasteiger partial charge in [-0.25, -0.2) is 0 Å². The van der Waals surface area contributed by atoms with Gasteiger partial charge in [-0.15, -0.1) is 0 Å². The van der Waals surface area contributed by atoms with Crippen LogP contribution < -0.4 is 5.32 Å². The van der Waals surface area contributed by atoms with Gasteiger partial charge in [-0.05, 0) is 62.8 Å². The van der Waals surface area contributed by atoms with Crippen molar-refractivity contribution in [2.75, 3.05) is 30.7 Å². The summed E-state index contributed by atoms with van der Waals surface area (Å²) in [6.45, 7) is 7.18. The van der Waals surface area contributed by atoms with Gasteiger partial charge in [0, 0.05) is 61.0 Å². The molecule has 1 aliphatic carbocycles. The highest BCUT2D eigenvalue weighted by molar-refractivity contribution is 8.25. The average Bonchev–Trinajstić information content (AvgIpc) is 3.41. The molecule has 34 heavy (non-hydrogen) atoms. The molecule has 1 saturated carbocycles. The van der Waals surface area contributed by atoms with Crippen LogP contribution in [0.5, 0.6) is 0 Å². The summed E-state index contributed by atoms with van der Waals surface area (Å²) in [6, 6.07) is 3.87. The van der Waals surface area contributed by atoms with E-state index in [-0.39, 0.29) is 29.5 Å². The van der Waals surface area contributed by atoms with Gasteiger partial charge in [0.25, 0.3) is 0 Å². The Hall–Kier alpha value is -1.32. The van der Waals surface area contributed by atoms with E-state index in [1.165, 1.54) is 12.8 Å². The van der Waals surface area contributed by atoms with Crippen LogP contribution >= 0.6 is 22.2 Å². The fourth-order valence-corrected chi connectivity index (χ4v) is 7.83. The molecule has 0 radical (unpaired) electrons. The number of carbonyl (C=O) groups excluding carboxylic acids is 2. The van der Waals surface area contributed by atoms with Crippen molar-refractivity contribution in [3.8, 4) is 0 Å². The second-order valence-electron chi connectivity index (χ2n) is 10.3. The van der Waals surface area contributed by atoms with Gasteiger partial charge in [-0.1, -0.05) is 24.4 Å². The summed E-state index contributed by atoms with van der Waals surface area (Å²) >= 11 is 6.41. The molecular formula is C25H38ClN3O4S. The quantitative estimate of drug-likeness (QED) is 0.493. The minimum atomic E-state index is -2.66. The molecule has 3 fully saturated rings. The van der Waals surface area contributed by atoms with Crippen molar-refractivity contribution in [2.24, 2.45) is 5.92 Å². The third kappa shape index (κ3) is 5.90. The minimum absolute atomic E-state index is 0.109. The summed E-state index contributed by atoms with van der Waals surface area (Å²) < 4.78 is 20.3. The van der Waals surface area contributed by atoms with E-state index < -0.39 is 10.6 Å². The van der Waals surface area contributed by atoms with Crippen molar-refractivity contribution < 1.29 is 18.7 Å². The number of anilines is 1. The molecule has 7 nitrogen and oxygen atoms in total. The van der Waals surface area contributed by atoms with Crippen LogP contribution in [-0.2, 0) is 16.1 Å². The van der Waals surface area contributed by atoms with Crippen molar-refractivity contribution >= 4 is 39.7 Å². The molecule has 4 rings (SSSR count). The number of piperazine rings is 1. The lowest BCUT2D eigenvalue weighted by atomic mass is 10.0. The molecule has 3 N–H and O–H groups in total. The Bertz CT molecular complexity index is 922. The number of nitrogens with one attached hydrogen (secondary N) is 1. The lowest BCUT2D eigenvalue weighted by molar-refractivity contribution is -0.140. The van der Waals surface area contributed by atoms with Crippen molar-refractivity contribution in [1.29, 1.82) is 0 Å². The van der Waals surface area contributed by atoms with Crippen LogP contribution in [0.15, 0.2) is 12.1 Å². The van der Waals surface area contributed by atoms with Crippen molar-refractivity contribution in [1.82, 2.24) is 9.80 Å². The number of carbonyl (C=O) groups is 2. The Morgan fingerprint density at radius 1 is 1.15 bits per heavy atom. The van der Waals surface area contributed by atoms with Crippen LogP contribution in [0.4, 0.5) is 5.69 Å². The van der Waals surface area contributed by atoms with E-state index in [4.69, 9.17) is 11.6 Å². The predicted octanol–water partition coefficient (Wildman–Crippen LogP) is 5.11. The maximum atomic E-state index is 12.9. The average molecular weight is 512 g/mol. The van der Waals surface area contributed by atoms with E-state index in [9.17, 15) is 18.7 Å². The zero-order chi connectivity index (χ0) is 24.5. The fourth-order valence-electron chi connectivity index (χ4n) is 5.70. The fraction of sp³-hybridized carbons (Fsp3) is 0.680. The van der Waals surface area contributed by atoms with Gasteiger partial charge < -0.3 is 10.2 Å². The molecule has 190 valence electrons. The molecule has 2 heterocycles. The summed E-state index contributed by atoms with van der Waals surface area (Å²) in [5.41, 5.74) is 2.69. The van der Waals surface area contributed by atoms with Crippen LogP contribution in [0.1, 0.15) is 63.0 Å². The molecule has 2 saturated heterocycles. The highest BCUT2D eigenvalue weighted by Gasteiger charge is 2.34. The highest BCUT2D eigenvalue weighted by atomic mass is 35.5. The van der Waals surface area contributed by atoms with E-state index in [1.54, 1.807) is 6.07 Å². The lowest BCUT2D eigenvalue weighted by Gasteiger charge is -2.41. The molecule has 9 heteroatoms. The van der Waals surface area contributed by atoms with Gasteiger partial charge in [0.15, 0.2) is 0 Å². The first-order valence-electron chi connectivity index (χ1n) is 12.5. The van der Waals surface area contributed by atoms with E-state index in [1.807, 2.05) is 13.0 Å². The molecule has 0 bridgehead atoms. The number of nitrogens with zero attached hydrogens (tertiary/aromatic N) is 2. The number of amides is 2. The summed E-state index contributed by atoms with van der Waals surface area (Å²) in [4.78, 5) is 30.0. The molecule has 2 unspecified atom stereocenters. The van der Waals surface area contributed by atoms with Gasteiger partial charge in [0.2, 0.25) is 11.8 Å². The molecule has 1 aromatic rings. The summed E-state index contributed by atoms with van der Waals surface area (Å²) in [7, 11) is -2.66. The maximum absolute atomic E-state index is 12.9. The van der Waals surface area contributed by atoms with E-state index in [0.29, 0.717) is 35.3 Å². The molecule has 1 aromatic carbocycles. The zero-order valence-electron chi connectivity index (χ0n) is 20.3. The molecule has 2 atom stereocenters. The molecule has 0 aromatic heterocycles. The Balaban J connectivity index is 1.37. The van der Waals surface area contributed by atoms with Crippen molar-refractivity contribution in [3.63, 3.8) is 0 Å². The second-order valence-corrected chi connectivity index (χ2v) is 13.2. The topological polar surface area (TPSA) is 93.1 Å². The Morgan fingerprint density at radius 3 is 2.53 bits per heavy atom. The standard InChI is InChI=1S/C25H38ClN3O4S/c1-17-15-28(9-10-29(17)25(31)19-6-3-4-7-19)16-20-12-21(26)13-23(18(20)2)27-24(30)14-22-8-5-11-34(22,32)33/h12-13,17,19,22,32-33H,3-11,14-16H2,1-2H3,(H,27,30). The maximum Gasteiger partial charge on any atom is 0.226 e. The third-order valence-electron chi connectivity index (χ3n) is 7.76. The number of rotatable bonds is 6. The van der Waals surface area contributed by atoms with Crippen LogP contribution in [0, 0.1) is 12.8 Å². The minimum Gasteiger partial charge on any atom is -0.337 e. The predicted molar refractivity (Wildman–Crippen MR) is 139 cm³/mol. The monoisotopic (exact) mass is 511 g/mol. The van der Waals surface area contributed by atoms with Gasteiger partial charge >= 0.3 is 0 Å². The summed E-state index contributed by atoms with van der Waals surface area (Å²) in [6.07, 6.45) is 5.92. The first kappa shape index (κ1) is 25.8. The van der Waals surface area contributed by atoms with E-state index in [2.05, 4.69) is 22.0 Å². The first-order valence-corrected chi connectivity index (χ1v) is 14.7. The van der Waals surface area contributed by atoms with Crippen LogP contribution in [0.3, 0.4) is 0 Å². The van der Waals surface area contributed by atoms with Gasteiger partial charge in [-0.2, -0.15) is 10.6 Å². The molecule has 3 aliphatic rings. The normalized spacial score (nSPS) is 26.6. The van der Waals surface area contributed by atoms with Crippen LogP contribution in [0.25, 0.3) is 0 Å². The SMILES string of the molecule is Cc1c(CN2CCN(C(=O)C3CCCC3)C(C)C2)cc(Cl)cc1NC(=O)CC1CCCS1(O)O. The molecular weight excluding hydrogens is 474 g/mol. The number of hydrogen-bond donors (Lipinski definition) is 3. The van der Waals surface area contributed by atoms with Crippen LogP contribution in [-0.4, -0.2) is 67.4 Å². The molecule has 2 amide bonds. The molecule has 0 spiro atoms. The zero-order valence-corrected chi connectivity index (χ0v) is 21.8. The highest BCUT2D eigenvalue weighted by Crippen LogP contribution is 2.53. The van der Waals surface area contributed by atoms with Gasteiger partial charge in [0.05, 0.1) is 5.25 Å². The summed E-state index contributed by atoms with van der Waals surface area (Å²) in [5, 5.41) is 3.15. The smallest absolute Gasteiger partial charge is 0.226 e. The van der Waals surface area contributed by atoms with Crippen molar-refractivity contribution in [3.05, 3.63) is 28.3 Å². The first-order chi connectivity index (χ1) is 16.1. The Kier molecular flexibility index (Phi) is 8.14. The third-order valence-corrected chi connectivity index (χ3v) is 10.3. The van der Waals surface area contributed by atoms with Crippen LogP contribution in [0.2, 0.25) is 5.02 Å².